The molecule has 4 nitrogen and oxygen atoms in total. The third-order valence-corrected chi connectivity index (χ3v) is 1.82. The molecule has 4 heteroatoms. The molecule has 1 unspecified atom stereocenters. The minimum absolute atomic E-state index is 0.189. The summed E-state index contributed by atoms with van der Waals surface area (Å²) in [5.74, 6) is 0.956. The molecule has 74 valence electrons. The minimum Gasteiger partial charge on any atom is -0.393 e. The number of hydrogen-bond acceptors (Lipinski definition) is 3. The number of imidazole rings is 1. The van der Waals surface area contributed by atoms with Crippen LogP contribution in [0.5, 0.6) is 0 Å². The third kappa shape index (κ3) is 4.65. The Bertz CT molecular complexity index is 209. The molecule has 0 radical (unpaired) electrons. The van der Waals surface area contributed by atoms with Gasteiger partial charge in [-0.25, -0.2) is 4.98 Å². The molecule has 0 aromatic carbocycles. The first-order valence-corrected chi connectivity index (χ1v) is 4.66. The highest BCUT2D eigenvalue weighted by atomic mass is 16.3. The van der Waals surface area contributed by atoms with Gasteiger partial charge in [0.25, 0.3) is 0 Å². The van der Waals surface area contributed by atoms with Gasteiger partial charge in [0, 0.05) is 12.4 Å². The lowest BCUT2D eigenvalue weighted by atomic mass is 10.2. The summed E-state index contributed by atoms with van der Waals surface area (Å²) in [5, 5.41) is 12.2. The van der Waals surface area contributed by atoms with Crippen LogP contribution in [0.1, 0.15) is 25.6 Å². The van der Waals surface area contributed by atoms with Gasteiger partial charge >= 0.3 is 0 Å². The van der Waals surface area contributed by atoms with Crippen molar-refractivity contribution >= 4 is 0 Å². The van der Waals surface area contributed by atoms with E-state index in [1.807, 2.05) is 13.1 Å². The van der Waals surface area contributed by atoms with E-state index in [-0.39, 0.29) is 6.10 Å². The zero-order valence-corrected chi connectivity index (χ0v) is 7.95. The largest absolute Gasteiger partial charge is 0.393 e. The summed E-state index contributed by atoms with van der Waals surface area (Å²) in [4.78, 5) is 7.10. The van der Waals surface area contributed by atoms with Gasteiger partial charge in [0.05, 0.1) is 12.6 Å². The van der Waals surface area contributed by atoms with Crippen molar-refractivity contribution in [2.45, 2.75) is 32.4 Å². The zero-order valence-electron chi connectivity index (χ0n) is 7.95. The lowest BCUT2D eigenvalue weighted by Gasteiger charge is -2.04. The molecule has 0 bridgehead atoms. The Morgan fingerprint density at radius 3 is 3.15 bits per heavy atom. The molecular weight excluding hydrogens is 166 g/mol. The Labute approximate surface area is 78.4 Å². The molecule has 0 fully saturated rings. The second-order valence-electron chi connectivity index (χ2n) is 3.20. The van der Waals surface area contributed by atoms with Crippen molar-refractivity contribution in [3.05, 3.63) is 18.2 Å². The van der Waals surface area contributed by atoms with Crippen LogP contribution in [-0.2, 0) is 6.54 Å². The van der Waals surface area contributed by atoms with Crippen molar-refractivity contribution in [2.75, 3.05) is 6.54 Å². The fourth-order valence-electron chi connectivity index (χ4n) is 1.12. The van der Waals surface area contributed by atoms with E-state index in [0.29, 0.717) is 0 Å². The second kappa shape index (κ2) is 5.72. The fourth-order valence-corrected chi connectivity index (χ4v) is 1.12. The van der Waals surface area contributed by atoms with Crippen molar-refractivity contribution < 1.29 is 5.11 Å². The van der Waals surface area contributed by atoms with E-state index in [1.54, 1.807) is 6.20 Å². The van der Waals surface area contributed by atoms with Crippen LogP contribution in [0, 0.1) is 0 Å². The molecule has 1 heterocycles. The normalized spacial score (nSPS) is 13.1. The second-order valence-corrected chi connectivity index (χ2v) is 3.20. The molecule has 0 saturated carbocycles. The summed E-state index contributed by atoms with van der Waals surface area (Å²) in [6.07, 6.45) is 5.22. The third-order valence-electron chi connectivity index (χ3n) is 1.82. The molecule has 0 amide bonds. The van der Waals surface area contributed by atoms with E-state index >= 15 is 0 Å². The zero-order chi connectivity index (χ0) is 9.52. The van der Waals surface area contributed by atoms with E-state index in [0.717, 1.165) is 31.8 Å². The van der Waals surface area contributed by atoms with Crippen LogP contribution in [0.2, 0.25) is 0 Å². The maximum Gasteiger partial charge on any atom is 0.120 e. The number of rotatable bonds is 6. The van der Waals surface area contributed by atoms with Gasteiger partial charge in [-0.15, -0.1) is 0 Å². The average molecular weight is 183 g/mol. The molecule has 1 atom stereocenters. The number of aromatic amines is 1. The van der Waals surface area contributed by atoms with Gasteiger partial charge in [-0.05, 0) is 26.3 Å². The first kappa shape index (κ1) is 10.2. The van der Waals surface area contributed by atoms with Gasteiger partial charge in [0.2, 0.25) is 0 Å². The average Bonchev–Trinajstić information content (AvgIpc) is 2.55. The van der Waals surface area contributed by atoms with Crippen molar-refractivity contribution in [1.29, 1.82) is 0 Å². The molecule has 0 aliphatic carbocycles. The monoisotopic (exact) mass is 183 g/mol. The maximum atomic E-state index is 8.99. The SMILES string of the molecule is CC(O)CCCNCc1ncc[nH]1. The van der Waals surface area contributed by atoms with Crippen molar-refractivity contribution in [1.82, 2.24) is 15.3 Å². The summed E-state index contributed by atoms with van der Waals surface area (Å²) in [6, 6.07) is 0. The predicted molar refractivity (Wildman–Crippen MR) is 51.2 cm³/mol. The van der Waals surface area contributed by atoms with Gasteiger partial charge in [-0.2, -0.15) is 0 Å². The first-order valence-electron chi connectivity index (χ1n) is 4.66. The number of H-pyrrole nitrogens is 1. The van der Waals surface area contributed by atoms with E-state index in [2.05, 4.69) is 15.3 Å². The summed E-state index contributed by atoms with van der Waals surface area (Å²) in [7, 11) is 0. The summed E-state index contributed by atoms with van der Waals surface area (Å²) >= 11 is 0. The Morgan fingerprint density at radius 1 is 1.69 bits per heavy atom. The number of aliphatic hydroxyl groups excluding tert-OH is 1. The van der Waals surface area contributed by atoms with Gasteiger partial charge in [-0.3, -0.25) is 0 Å². The number of nitrogens with one attached hydrogen (secondary N) is 2. The molecule has 0 aliphatic heterocycles. The van der Waals surface area contributed by atoms with Crippen LogP contribution < -0.4 is 5.32 Å². The standard InChI is InChI=1S/C9H17N3O/c1-8(13)3-2-4-10-7-9-11-5-6-12-9/h5-6,8,10,13H,2-4,7H2,1H3,(H,11,12). The summed E-state index contributed by atoms with van der Waals surface area (Å²) < 4.78 is 0. The molecule has 13 heavy (non-hydrogen) atoms. The predicted octanol–water partition coefficient (Wildman–Crippen LogP) is 0.660. The number of hydrogen-bond donors (Lipinski definition) is 3. The lowest BCUT2D eigenvalue weighted by Crippen LogP contribution is -2.16. The highest BCUT2D eigenvalue weighted by Crippen LogP contribution is 1.94. The Balaban J connectivity index is 1.96. The molecule has 1 rings (SSSR count). The molecule has 3 N–H and O–H groups in total. The topological polar surface area (TPSA) is 60.9 Å². The molecule has 0 spiro atoms. The smallest absolute Gasteiger partial charge is 0.120 e. The van der Waals surface area contributed by atoms with Crippen LogP contribution in [-0.4, -0.2) is 27.7 Å². The quantitative estimate of drug-likeness (QED) is 0.568. The minimum atomic E-state index is -0.189. The molecule has 0 aliphatic rings. The van der Waals surface area contributed by atoms with Gasteiger partial charge in [0.15, 0.2) is 0 Å². The molecule has 0 saturated heterocycles. The Kier molecular flexibility index (Phi) is 4.49. The highest BCUT2D eigenvalue weighted by molar-refractivity contribution is 4.85. The van der Waals surface area contributed by atoms with Crippen molar-refractivity contribution in [3.8, 4) is 0 Å². The molecule has 1 aromatic heterocycles. The number of nitrogens with zero attached hydrogens (tertiary/aromatic N) is 1. The van der Waals surface area contributed by atoms with E-state index in [4.69, 9.17) is 5.11 Å². The highest BCUT2D eigenvalue weighted by Gasteiger charge is 1.96. The summed E-state index contributed by atoms with van der Waals surface area (Å²) in [5.41, 5.74) is 0. The van der Waals surface area contributed by atoms with Crippen molar-refractivity contribution in [3.63, 3.8) is 0 Å². The van der Waals surface area contributed by atoms with Gasteiger partial charge in [0.1, 0.15) is 5.82 Å². The van der Waals surface area contributed by atoms with Crippen LogP contribution in [0.25, 0.3) is 0 Å². The van der Waals surface area contributed by atoms with Gasteiger partial charge < -0.3 is 15.4 Å². The van der Waals surface area contributed by atoms with E-state index < -0.39 is 0 Å². The van der Waals surface area contributed by atoms with Crippen LogP contribution in [0.15, 0.2) is 12.4 Å². The van der Waals surface area contributed by atoms with E-state index in [1.165, 1.54) is 0 Å². The Morgan fingerprint density at radius 2 is 2.54 bits per heavy atom. The molecular formula is C9H17N3O. The fraction of sp³-hybridized carbons (Fsp3) is 0.667. The first-order chi connectivity index (χ1) is 6.29. The number of aromatic nitrogens is 2. The summed E-state index contributed by atoms with van der Waals surface area (Å²) in [6.45, 7) is 3.50. The Hall–Kier alpha value is -0.870. The van der Waals surface area contributed by atoms with Crippen LogP contribution in [0.3, 0.4) is 0 Å². The van der Waals surface area contributed by atoms with Gasteiger partial charge in [-0.1, -0.05) is 0 Å². The van der Waals surface area contributed by atoms with Crippen LogP contribution in [0.4, 0.5) is 0 Å². The van der Waals surface area contributed by atoms with E-state index in [9.17, 15) is 0 Å². The van der Waals surface area contributed by atoms with Crippen LogP contribution >= 0.6 is 0 Å². The lowest BCUT2D eigenvalue weighted by molar-refractivity contribution is 0.181. The number of aliphatic hydroxyl groups is 1. The maximum absolute atomic E-state index is 8.99. The van der Waals surface area contributed by atoms with Crippen molar-refractivity contribution in [2.24, 2.45) is 0 Å². The molecule has 1 aromatic rings.